The van der Waals surface area contributed by atoms with Gasteiger partial charge in [0.05, 0.1) is 5.60 Å². The molecule has 6 atom stereocenters. The van der Waals surface area contributed by atoms with Crippen molar-refractivity contribution in [3.05, 3.63) is 0 Å². The van der Waals surface area contributed by atoms with Crippen molar-refractivity contribution >= 4 is 17.5 Å². The maximum absolute atomic E-state index is 13.0. The van der Waals surface area contributed by atoms with Crippen LogP contribution < -0.4 is 0 Å². The van der Waals surface area contributed by atoms with Gasteiger partial charge in [-0.2, -0.15) is 11.8 Å². The smallest absolute Gasteiger partial charge is 0.139 e. The lowest BCUT2D eigenvalue weighted by Crippen LogP contribution is -2.42. The first-order valence-electron chi connectivity index (χ1n) is 8.53. The topological polar surface area (TPSA) is 26.3 Å². The van der Waals surface area contributed by atoms with Crippen molar-refractivity contribution in [2.75, 3.05) is 18.1 Å². The van der Waals surface area contributed by atoms with Crippen molar-refractivity contribution in [1.82, 2.24) is 0 Å². The highest BCUT2D eigenvalue weighted by molar-refractivity contribution is 7.99. The van der Waals surface area contributed by atoms with E-state index in [9.17, 15) is 4.79 Å². The maximum Gasteiger partial charge on any atom is 0.139 e. The van der Waals surface area contributed by atoms with Gasteiger partial charge in [0.15, 0.2) is 0 Å². The monoisotopic (exact) mass is 292 g/mol. The Balaban J connectivity index is 1.30. The summed E-state index contributed by atoms with van der Waals surface area (Å²) in [4.78, 5) is 13.0. The van der Waals surface area contributed by atoms with Gasteiger partial charge in [-0.3, -0.25) is 4.79 Å². The van der Waals surface area contributed by atoms with E-state index in [-0.39, 0.29) is 5.60 Å². The number of hydrogen-bond donors (Lipinski definition) is 0. The molecule has 3 heteroatoms. The molecule has 2 bridgehead atoms. The average molecular weight is 292 g/mol. The highest BCUT2D eigenvalue weighted by atomic mass is 32.2. The Morgan fingerprint density at radius 1 is 1.15 bits per heavy atom. The summed E-state index contributed by atoms with van der Waals surface area (Å²) in [6.07, 6.45) is 7.49. The zero-order valence-electron chi connectivity index (χ0n) is 12.1. The van der Waals surface area contributed by atoms with Crippen LogP contribution in [0.2, 0.25) is 0 Å². The van der Waals surface area contributed by atoms with Crippen LogP contribution >= 0.6 is 11.8 Å². The van der Waals surface area contributed by atoms with Gasteiger partial charge in [-0.25, -0.2) is 0 Å². The van der Waals surface area contributed by atoms with Crippen LogP contribution in [0.4, 0.5) is 0 Å². The molecule has 6 unspecified atom stereocenters. The number of Topliss-reactive ketones (excluding diaryl/α,β-unsaturated/α-hetero) is 1. The Bertz CT molecular complexity index is 426. The van der Waals surface area contributed by atoms with E-state index in [0.717, 1.165) is 48.9 Å². The van der Waals surface area contributed by atoms with Crippen LogP contribution in [0.3, 0.4) is 0 Å². The van der Waals surface area contributed by atoms with Gasteiger partial charge in [0.25, 0.3) is 0 Å². The van der Waals surface area contributed by atoms with Gasteiger partial charge in [0.1, 0.15) is 5.78 Å². The van der Waals surface area contributed by atoms with E-state index in [4.69, 9.17) is 4.74 Å². The maximum atomic E-state index is 13.0. The fourth-order valence-electron chi connectivity index (χ4n) is 6.11. The average Bonchev–Trinajstić information content (AvgIpc) is 2.83. The van der Waals surface area contributed by atoms with E-state index in [1.807, 2.05) is 11.8 Å². The molecular formula is C17H24O2S. The summed E-state index contributed by atoms with van der Waals surface area (Å²) >= 11 is 2.01. The number of thioether (sulfide) groups is 1. The third-order valence-corrected chi connectivity index (χ3v) is 8.25. The van der Waals surface area contributed by atoms with Crippen LogP contribution in [0.25, 0.3) is 0 Å². The highest BCUT2D eigenvalue weighted by Gasteiger charge is 2.67. The van der Waals surface area contributed by atoms with Crippen LogP contribution in [0.5, 0.6) is 0 Å². The predicted molar refractivity (Wildman–Crippen MR) is 79.7 cm³/mol. The van der Waals surface area contributed by atoms with Crippen LogP contribution in [0, 0.1) is 35.5 Å². The van der Waals surface area contributed by atoms with Crippen LogP contribution in [-0.4, -0.2) is 29.5 Å². The molecule has 5 fully saturated rings. The largest absolute Gasteiger partial charge is 0.374 e. The van der Waals surface area contributed by atoms with Crippen LogP contribution in [-0.2, 0) is 9.53 Å². The Kier molecular flexibility index (Phi) is 2.66. The van der Waals surface area contributed by atoms with Gasteiger partial charge >= 0.3 is 0 Å². The molecule has 2 saturated heterocycles. The number of rotatable bonds is 2. The molecule has 2 heterocycles. The van der Waals surface area contributed by atoms with Crippen LogP contribution in [0.1, 0.15) is 38.5 Å². The molecule has 0 aromatic heterocycles. The predicted octanol–water partition coefficient (Wildman–Crippen LogP) is 3.15. The number of carbonyl (C=O) groups excluding carboxylic acids is 1. The molecule has 110 valence electrons. The molecule has 0 aromatic rings. The minimum atomic E-state index is 0.0756. The van der Waals surface area contributed by atoms with E-state index in [0.29, 0.717) is 17.6 Å². The second-order valence-electron chi connectivity index (χ2n) is 7.94. The Morgan fingerprint density at radius 2 is 1.95 bits per heavy atom. The van der Waals surface area contributed by atoms with Gasteiger partial charge in [-0.1, -0.05) is 0 Å². The Hall–Kier alpha value is -0.0200. The van der Waals surface area contributed by atoms with E-state index in [1.165, 1.54) is 31.4 Å². The van der Waals surface area contributed by atoms with Gasteiger partial charge in [-0.05, 0) is 67.9 Å². The molecule has 5 aliphatic rings. The fraction of sp³-hybridized carbons (Fsp3) is 0.941. The minimum absolute atomic E-state index is 0.0756. The van der Waals surface area contributed by atoms with E-state index >= 15 is 0 Å². The lowest BCUT2D eigenvalue weighted by Gasteiger charge is -2.37. The summed E-state index contributed by atoms with van der Waals surface area (Å²) in [5.41, 5.74) is 0.0756. The zero-order valence-corrected chi connectivity index (χ0v) is 12.9. The lowest BCUT2D eigenvalue weighted by molar-refractivity contribution is -0.136. The van der Waals surface area contributed by atoms with Crippen molar-refractivity contribution in [2.24, 2.45) is 35.5 Å². The first-order chi connectivity index (χ1) is 9.77. The molecule has 3 saturated carbocycles. The van der Waals surface area contributed by atoms with Crippen molar-refractivity contribution in [3.63, 3.8) is 0 Å². The molecule has 0 radical (unpaired) electrons. The molecule has 0 N–H and O–H groups in total. The summed E-state index contributed by atoms with van der Waals surface area (Å²) in [7, 11) is 0. The molecular weight excluding hydrogens is 268 g/mol. The summed E-state index contributed by atoms with van der Waals surface area (Å²) in [5, 5.41) is 0. The molecule has 2 aliphatic heterocycles. The Labute approximate surface area is 125 Å². The van der Waals surface area contributed by atoms with Crippen molar-refractivity contribution in [3.8, 4) is 0 Å². The summed E-state index contributed by atoms with van der Waals surface area (Å²) in [6, 6.07) is 0. The number of ether oxygens (including phenoxy) is 1. The van der Waals surface area contributed by atoms with Crippen LogP contribution in [0.15, 0.2) is 0 Å². The third kappa shape index (κ3) is 1.65. The second-order valence-corrected chi connectivity index (χ2v) is 9.05. The second kappa shape index (κ2) is 4.25. The number of fused-ring (bicyclic) bond motifs is 5. The number of hydrogen-bond acceptors (Lipinski definition) is 3. The van der Waals surface area contributed by atoms with Gasteiger partial charge in [-0.15, -0.1) is 0 Å². The minimum Gasteiger partial charge on any atom is -0.374 e. The molecule has 20 heavy (non-hydrogen) atoms. The quantitative estimate of drug-likeness (QED) is 0.782. The third-order valence-electron chi connectivity index (χ3n) is 7.03. The molecule has 3 aliphatic carbocycles. The van der Waals surface area contributed by atoms with Crippen molar-refractivity contribution < 1.29 is 9.53 Å². The highest BCUT2D eigenvalue weighted by Crippen LogP contribution is 2.70. The van der Waals surface area contributed by atoms with E-state index in [2.05, 4.69) is 0 Å². The SMILES string of the molecule is O=C(C1CCOC2(CCSC2)C1)C1C2C3CCC(C3)C12. The fourth-order valence-corrected chi connectivity index (χ4v) is 7.49. The van der Waals surface area contributed by atoms with Gasteiger partial charge < -0.3 is 4.74 Å². The van der Waals surface area contributed by atoms with Gasteiger partial charge in [0.2, 0.25) is 0 Å². The van der Waals surface area contributed by atoms with E-state index < -0.39 is 0 Å². The summed E-state index contributed by atoms with van der Waals surface area (Å²) < 4.78 is 6.08. The summed E-state index contributed by atoms with van der Waals surface area (Å²) in [5.74, 6) is 7.30. The molecule has 5 rings (SSSR count). The lowest BCUT2D eigenvalue weighted by atomic mass is 9.80. The first kappa shape index (κ1) is 12.5. The summed E-state index contributed by atoms with van der Waals surface area (Å²) in [6.45, 7) is 0.825. The van der Waals surface area contributed by atoms with E-state index in [1.54, 1.807) is 0 Å². The van der Waals surface area contributed by atoms with Crippen molar-refractivity contribution in [1.29, 1.82) is 0 Å². The number of carbonyl (C=O) groups is 1. The molecule has 0 amide bonds. The zero-order chi connectivity index (χ0) is 13.3. The van der Waals surface area contributed by atoms with Crippen molar-refractivity contribution in [2.45, 2.75) is 44.1 Å². The molecule has 0 aromatic carbocycles. The molecule has 1 spiro atoms. The standard InChI is InChI=1S/C17H24O2S/c18-16(15-13-10-1-2-11(7-10)14(13)15)12-3-5-19-17(8-12)4-6-20-9-17/h10-15H,1-9H2. The Morgan fingerprint density at radius 3 is 2.65 bits per heavy atom. The number of ketones is 1. The molecule has 2 nitrogen and oxygen atoms in total. The first-order valence-corrected chi connectivity index (χ1v) is 9.68. The normalized spacial score (nSPS) is 56.2. The van der Waals surface area contributed by atoms with Gasteiger partial charge in [0, 0.05) is 24.2 Å².